The number of pyridine rings is 1. The van der Waals surface area contributed by atoms with Crippen molar-refractivity contribution in [2.75, 3.05) is 38.2 Å². The Balaban J connectivity index is 1.67. The Morgan fingerprint density at radius 3 is 2.65 bits per heavy atom. The van der Waals surface area contributed by atoms with Crippen molar-refractivity contribution in [1.82, 2.24) is 19.9 Å². The molecule has 1 atom stereocenters. The van der Waals surface area contributed by atoms with Crippen LogP contribution in [0.15, 0.2) is 30.7 Å². The summed E-state index contributed by atoms with van der Waals surface area (Å²) in [4.78, 5) is 17.2. The first-order valence-electron chi connectivity index (χ1n) is 7.64. The second-order valence-corrected chi connectivity index (χ2v) is 5.92. The van der Waals surface area contributed by atoms with Crippen LogP contribution in [0.3, 0.4) is 0 Å². The minimum absolute atomic E-state index is 0.343. The Hall–Kier alpha value is -1.92. The fourth-order valence-electron chi connectivity index (χ4n) is 2.82. The molecule has 1 aliphatic heterocycles. The molecule has 122 valence electrons. The van der Waals surface area contributed by atoms with Crippen molar-refractivity contribution in [3.63, 3.8) is 0 Å². The van der Waals surface area contributed by atoms with Gasteiger partial charge in [0, 0.05) is 44.6 Å². The van der Waals surface area contributed by atoms with E-state index in [9.17, 15) is 0 Å². The highest BCUT2D eigenvalue weighted by Gasteiger charge is 2.24. The van der Waals surface area contributed by atoms with Crippen molar-refractivity contribution in [3.05, 3.63) is 41.3 Å². The lowest BCUT2D eigenvalue weighted by atomic mass is 10.1. The predicted molar refractivity (Wildman–Crippen MR) is 90.0 cm³/mol. The van der Waals surface area contributed by atoms with Gasteiger partial charge in [0.15, 0.2) is 5.82 Å². The zero-order valence-electron chi connectivity index (χ0n) is 13.3. The fraction of sp³-hybridized carbons (Fsp3) is 0.438. The summed E-state index contributed by atoms with van der Waals surface area (Å²) >= 11 is 6.24. The van der Waals surface area contributed by atoms with E-state index in [2.05, 4.69) is 37.7 Å². The molecule has 0 aromatic carbocycles. The Labute approximate surface area is 141 Å². The molecule has 0 aliphatic carbocycles. The number of methoxy groups -OCH3 is 1. The van der Waals surface area contributed by atoms with E-state index in [-0.39, 0.29) is 0 Å². The zero-order valence-corrected chi connectivity index (χ0v) is 14.1. The molecule has 23 heavy (non-hydrogen) atoms. The Kier molecular flexibility index (Phi) is 4.93. The number of nitrogens with zero attached hydrogens (tertiary/aromatic N) is 5. The molecule has 0 saturated carbocycles. The van der Waals surface area contributed by atoms with Gasteiger partial charge in [-0.2, -0.15) is 4.98 Å². The molecule has 1 fully saturated rings. The number of ether oxygens (including phenoxy) is 1. The number of halogens is 1. The number of rotatable bonds is 4. The van der Waals surface area contributed by atoms with Crippen molar-refractivity contribution in [1.29, 1.82) is 0 Å². The van der Waals surface area contributed by atoms with Crippen LogP contribution in [0.1, 0.15) is 18.5 Å². The molecule has 7 heteroatoms. The second-order valence-electron chi connectivity index (χ2n) is 5.51. The Morgan fingerprint density at radius 1 is 1.22 bits per heavy atom. The molecule has 1 unspecified atom stereocenters. The van der Waals surface area contributed by atoms with Crippen molar-refractivity contribution in [2.24, 2.45) is 0 Å². The van der Waals surface area contributed by atoms with Crippen molar-refractivity contribution in [2.45, 2.75) is 13.0 Å². The van der Waals surface area contributed by atoms with E-state index in [0.717, 1.165) is 32.0 Å². The first-order chi connectivity index (χ1) is 11.2. The van der Waals surface area contributed by atoms with Crippen LogP contribution in [-0.2, 0) is 0 Å². The lowest BCUT2D eigenvalue weighted by molar-refractivity contribution is 0.198. The second kappa shape index (κ2) is 7.10. The average molecular weight is 334 g/mol. The van der Waals surface area contributed by atoms with E-state index < -0.39 is 0 Å². The fourth-order valence-corrected chi connectivity index (χ4v) is 3.03. The van der Waals surface area contributed by atoms with Gasteiger partial charge >= 0.3 is 6.01 Å². The maximum absolute atomic E-state index is 6.24. The molecule has 0 spiro atoms. The molecular formula is C16H20ClN5O. The number of anilines is 1. The van der Waals surface area contributed by atoms with E-state index in [1.54, 1.807) is 19.5 Å². The molecule has 2 aromatic rings. The number of hydrogen-bond donors (Lipinski definition) is 0. The van der Waals surface area contributed by atoms with Crippen LogP contribution in [0.25, 0.3) is 0 Å². The summed E-state index contributed by atoms with van der Waals surface area (Å²) in [6, 6.07) is 4.79. The molecule has 0 radical (unpaired) electrons. The van der Waals surface area contributed by atoms with Crippen molar-refractivity contribution >= 4 is 17.4 Å². The lowest BCUT2D eigenvalue weighted by Crippen LogP contribution is -2.47. The largest absolute Gasteiger partial charge is 0.467 e. The quantitative estimate of drug-likeness (QED) is 0.856. The molecule has 0 bridgehead atoms. The minimum atomic E-state index is 0.343. The monoisotopic (exact) mass is 333 g/mol. The summed E-state index contributed by atoms with van der Waals surface area (Å²) in [6.45, 7) is 5.83. The van der Waals surface area contributed by atoms with Crippen LogP contribution in [0, 0.1) is 0 Å². The third kappa shape index (κ3) is 3.54. The molecule has 3 heterocycles. The summed E-state index contributed by atoms with van der Waals surface area (Å²) in [5.74, 6) is 0.743. The average Bonchev–Trinajstić information content (AvgIpc) is 2.62. The summed E-state index contributed by atoms with van der Waals surface area (Å²) < 4.78 is 5.09. The van der Waals surface area contributed by atoms with Crippen LogP contribution >= 0.6 is 11.6 Å². The summed E-state index contributed by atoms with van der Waals surface area (Å²) in [7, 11) is 1.56. The van der Waals surface area contributed by atoms with Gasteiger partial charge in [0.1, 0.15) is 5.02 Å². The zero-order chi connectivity index (χ0) is 16.2. The molecule has 1 saturated heterocycles. The number of aromatic nitrogens is 3. The topological polar surface area (TPSA) is 54.4 Å². The molecular weight excluding hydrogens is 314 g/mol. The lowest BCUT2D eigenvalue weighted by Gasteiger charge is -2.38. The predicted octanol–water partition coefficient (Wildman–Crippen LogP) is 2.42. The third-order valence-corrected chi connectivity index (χ3v) is 4.48. The van der Waals surface area contributed by atoms with Gasteiger partial charge in [0.25, 0.3) is 0 Å². The first kappa shape index (κ1) is 16.0. The number of piperazine rings is 1. The van der Waals surface area contributed by atoms with Gasteiger partial charge in [-0.3, -0.25) is 9.88 Å². The van der Waals surface area contributed by atoms with Crippen molar-refractivity contribution < 1.29 is 4.74 Å². The van der Waals surface area contributed by atoms with E-state index in [1.807, 2.05) is 12.3 Å². The maximum atomic E-state index is 6.24. The highest BCUT2D eigenvalue weighted by molar-refractivity contribution is 6.32. The Bertz CT molecular complexity index is 646. The third-order valence-electron chi connectivity index (χ3n) is 4.21. The Morgan fingerprint density at radius 2 is 2.00 bits per heavy atom. The molecule has 2 aromatic heterocycles. The summed E-state index contributed by atoms with van der Waals surface area (Å²) in [5.41, 5.74) is 1.24. The van der Waals surface area contributed by atoms with Gasteiger partial charge in [-0.1, -0.05) is 17.7 Å². The minimum Gasteiger partial charge on any atom is -0.467 e. The molecule has 3 rings (SSSR count). The van der Waals surface area contributed by atoms with Gasteiger partial charge in [-0.05, 0) is 18.6 Å². The molecule has 0 amide bonds. The number of hydrogen-bond acceptors (Lipinski definition) is 6. The van der Waals surface area contributed by atoms with Gasteiger partial charge in [-0.25, -0.2) is 4.98 Å². The first-order valence-corrected chi connectivity index (χ1v) is 8.02. The summed E-state index contributed by atoms with van der Waals surface area (Å²) in [5, 5.41) is 0.555. The SMILES string of the molecule is COc1ncc(Cl)c(N2CCN(C(C)c3cccnc3)CC2)n1. The van der Waals surface area contributed by atoms with Crippen LogP contribution in [-0.4, -0.2) is 53.1 Å². The van der Waals surface area contributed by atoms with E-state index in [0.29, 0.717) is 17.1 Å². The van der Waals surface area contributed by atoms with Gasteiger partial charge in [0.2, 0.25) is 0 Å². The van der Waals surface area contributed by atoms with Gasteiger partial charge in [0.05, 0.1) is 13.3 Å². The van der Waals surface area contributed by atoms with Crippen molar-refractivity contribution in [3.8, 4) is 6.01 Å². The summed E-state index contributed by atoms with van der Waals surface area (Å²) in [6.07, 6.45) is 5.33. The van der Waals surface area contributed by atoms with Crippen LogP contribution in [0.2, 0.25) is 5.02 Å². The van der Waals surface area contributed by atoms with Crippen LogP contribution < -0.4 is 9.64 Å². The van der Waals surface area contributed by atoms with Gasteiger partial charge in [-0.15, -0.1) is 0 Å². The van der Waals surface area contributed by atoms with E-state index >= 15 is 0 Å². The van der Waals surface area contributed by atoms with Gasteiger partial charge < -0.3 is 9.64 Å². The van der Waals surface area contributed by atoms with Crippen LogP contribution in [0.5, 0.6) is 6.01 Å². The van der Waals surface area contributed by atoms with Crippen LogP contribution in [0.4, 0.5) is 5.82 Å². The highest BCUT2D eigenvalue weighted by atomic mass is 35.5. The molecule has 0 N–H and O–H groups in total. The molecule has 6 nitrogen and oxygen atoms in total. The smallest absolute Gasteiger partial charge is 0.318 e. The highest BCUT2D eigenvalue weighted by Crippen LogP contribution is 2.27. The normalized spacial score (nSPS) is 17.1. The van der Waals surface area contributed by atoms with E-state index in [4.69, 9.17) is 16.3 Å². The van der Waals surface area contributed by atoms with E-state index in [1.165, 1.54) is 5.56 Å². The maximum Gasteiger partial charge on any atom is 0.318 e. The molecule has 1 aliphatic rings. The standard InChI is InChI=1S/C16H20ClN5O/c1-12(13-4-3-5-18-10-13)21-6-8-22(9-7-21)15-14(17)11-19-16(20-15)23-2/h3-5,10-12H,6-9H2,1-2H3.